The summed E-state index contributed by atoms with van der Waals surface area (Å²) in [7, 11) is 1.34. The van der Waals surface area contributed by atoms with Gasteiger partial charge in [0, 0.05) is 18.3 Å². The molecule has 0 saturated carbocycles. The summed E-state index contributed by atoms with van der Waals surface area (Å²) in [6.45, 7) is 0. The number of halogens is 3. The van der Waals surface area contributed by atoms with E-state index in [2.05, 4.69) is 25.9 Å². The number of nitrogens with zero attached hydrogens (tertiary/aromatic N) is 2. The number of methoxy groups -OCH3 is 1. The third-order valence-corrected chi connectivity index (χ3v) is 2.90. The van der Waals surface area contributed by atoms with E-state index in [0.717, 1.165) is 0 Å². The van der Waals surface area contributed by atoms with E-state index in [9.17, 15) is 8.78 Å². The van der Waals surface area contributed by atoms with E-state index in [1.807, 2.05) is 0 Å². The van der Waals surface area contributed by atoms with Gasteiger partial charge in [-0.1, -0.05) is 0 Å². The van der Waals surface area contributed by atoms with Gasteiger partial charge in [0.05, 0.1) is 11.6 Å². The van der Waals surface area contributed by atoms with E-state index in [1.54, 1.807) is 12.1 Å². The molecule has 2 heterocycles. The zero-order valence-electron chi connectivity index (χ0n) is 9.45. The highest BCUT2D eigenvalue weighted by atomic mass is 79.9. The van der Waals surface area contributed by atoms with E-state index in [0.29, 0.717) is 22.2 Å². The fourth-order valence-electron chi connectivity index (χ4n) is 1.47. The Morgan fingerprint density at radius 3 is 2.72 bits per heavy atom. The molecule has 2 aromatic rings. The molecule has 2 rings (SSSR count). The summed E-state index contributed by atoms with van der Waals surface area (Å²) in [6.07, 6.45) is 1.78. The van der Waals surface area contributed by atoms with Gasteiger partial charge in [-0.05, 0) is 39.7 Å². The van der Waals surface area contributed by atoms with Gasteiger partial charge in [-0.2, -0.15) is 4.39 Å². The second-order valence-electron chi connectivity index (χ2n) is 3.59. The van der Waals surface area contributed by atoms with Crippen LogP contribution in [0.5, 0.6) is 5.88 Å². The Bertz CT molecular complexity index is 578. The summed E-state index contributed by atoms with van der Waals surface area (Å²) in [5, 5.41) is 0. The molecule has 2 aromatic heterocycles. The average Bonchev–Trinajstić information content (AvgIpc) is 2.34. The predicted molar refractivity (Wildman–Crippen MR) is 65.4 cm³/mol. The first-order valence-corrected chi connectivity index (χ1v) is 5.89. The largest absolute Gasteiger partial charge is 0.479 e. The van der Waals surface area contributed by atoms with Gasteiger partial charge in [-0.25, -0.2) is 14.4 Å². The lowest BCUT2D eigenvalue weighted by atomic mass is 10.1. The molecule has 6 heteroatoms. The Morgan fingerprint density at radius 2 is 2.11 bits per heavy atom. The van der Waals surface area contributed by atoms with Crippen molar-refractivity contribution in [3.8, 4) is 5.88 Å². The average molecular weight is 315 g/mol. The summed E-state index contributed by atoms with van der Waals surface area (Å²) in [5.41, 5.74) is 1.10. The van der Waals surface area contributed by atoms with Crippen LogP contribution >= 0.6 is 15.9 Å². The van der Waals surface area contributed by atoms with Gasteiger partial charge in [0.2, 0.25) is 11.8 Å². The number of aromatic nitrogens is 2. The second-order valence-corrected chi connectivity index (χ2v) is 4.44. The minimum atomic E-state index is -0.588. The van der Waals surface area contributed by atoms with Gasteiger partial charge in [-0.15, -0.1) is 0 Å². The SMILES string of the molecule is COc1ncc(Cc2ccc(Br)c(F)n2)cc1F. The van der Waals surface area contributed by atoms with Crippen molar-refractivity contribution in [1.29, 1.82) is 0 Å². The molecular formula is C12H9BrF2N2O. The van der Waals surface area contributed by atoms with Crippen LogP contribution in [-0.2, 0) is 6.42 Å². The fourth-order valence-corrected chi connectivity index (χ4v) is 1.70. The van der Waals surface area contributed by atoms with E-state index < -0.39 is 11.8 Å². The van der Waals surface area contributed by atoms with Crippen molar-refractivity contribution in [3.05, 3.63) is 51.9 Å². The van der Waals surface area contributed by atoms with Crippen molar-refractivity contribution in [2.24, 2.45) is 0 Å². The zero-order chi connectivity index (χ0) is 13.1. The van der Waals surface area contributed by atoms with Crippen molar-refractivity contribution in [3.63, 3.8) is 0 Å². The maximum absolute atomic E-state index is 13.4. The van der Waals surface area contributed by atoms with Crippen LogP contribution in [-0.4, -0.2) is 17.1 Å². The topological polar surface area (TPSA) is 35.0 Å². The van der Waals surface area contributed by atoms with Crippen LogP contribution in [0.3, 0.4) is 0 Å². The number of hydrogen-bond donors (Lipinski definition) is 0. The molecule has 3 nitrogen and oxygen atoms in total. The minimum Gasteiger partial charge on any atom is -0.479 e. The Hall–Kier alpha value is -1.56. The maximum atomic E-state index is 13.4. The monoisotopic (exact) mass is 314 g/mol. The van der Waals surface area contributed by atoms with E-state index >= 15 is 0 Å². The Kier molecular flexibility index (Phi) is 3.86. The first-order chi connectivity index (χ1) is 8.60. The van der Waals surface area contributed by atoms with Crippen LogP contribution in [0.15, 0.2) is 28.9 Å². The summed E-state index contributed by atoms with van der Waals surface area (Å²) in [5.74, 6) is -1.20. The summed E-state index contributed by atoms with van der Waals surface area (Å²) < 4.78 is 31.6. The van der Waals surface area contributed by atoms with Crippen molar-refractivity contribution in [1.82, 2.24) is 9.97 Å². The van der Waals surface area contributed by atoms with Gasteiger partial charge < -0.3 is 4.74 Å². The smallest absolute Gasteiger partial charge is 0.250 e. The highest BCUT2D eigenvalue weighted by Crippen LogP contribution is 2.18. The molecule has 0 aliphatic rings. The van der Waals surface area contributed by atoms with Crippen LogP contribution in [0.25, 0.3) is 0 Å². The number of ether oxygens (including phenoxy) is 1. The van der Waals surface area contributed by atoms with Crippen molar-refractivity contribution in [2.75, 3.05) is 7.11 Å². The summed E-state index contributed by atoms with van der Waals surface area (Å²) in [4.78, 5) is 7.55. The van der Waals surface area contributed by atoms with Crippen LogP contribution in [0, 0.1) is 11.8 Å². The molecule has 0 saturated heterocycles. The highest BCUT2D eigenvalue weighted by molar-refractivity contribution is 9.10. The normalized spacial score (nSPS) is 10.4. The van der Waals surface area contributed by atoms with Crippen molar-refractivity contribution >= 4 is 15.9 Å². The first-order valence-electron chi connectivity index (χ1n) is 5.09. The first kappa shape index (κ1) is 12.9. The quantitative estimate of drug-likeness (QED) is 0.816. The molecule has 0 aliphatic carbocycles. The third-order valence-electron chi connectivity index (χ3n) is 2.30. The summed E-state index contributed by atoms with van der Waals surface area (Å²) in [6, 6.07) is 4.52. The summed E-state index contributed by atoms with van der Waals surface area (Å²) >= 11 is 3.02. The van der Waals surface area contributed by atoms with Gasteiger partial charge in [-0.3, -0.25) is 0 Å². The van der Waals surface area contributed by atoms with E-state index in [1.165, 1.54) is 19.4 Å². The predicted octanol–water partition coefficient (Wildman–Crippen LogP) is 3.12. The van der Waals surface area contributed by atoms with Gasteiger partial charge >= 0.3 is 0 Å². The fraction of sp³-hybridized carbons (Fsp3) is 0.167. The van der Waals surface area contributed by atoms with Crippen LogP contribution in [0.4, 0.5) is 8.78 Å². The van der Waals surface area contributed by atoms with Gasteiger partial charge in [0.15, 0.2) is 5.82 Å². The third kappa shape index (κ3) is 2.81. The molecule has 0 unspecified atom stereocenters. The Balaban J connectivity index is 2.23. The lowest BCUT2D eigenvalue weighted by molar-refractivity contribution is 0.368. The highest BCUT2D eigenvalue weighted by Gasteiger charge is 2.08. The second kappa shape index (κ2) is 5.39. The number of pyridine rings is 2. The molecule has 94 valence electrons. The van der Waals surface area contributed by atoms with Crippen molar-refractivity contribution < 1.29 is 13.5 Å². The molecular weight excluding hydrogens is 306 g/mol. The lowest BCUT2D eigenvalue weighted by Crippen LogP contribution is -1.98. The maximum Gasteiger partial charge on any atom is 0.250 e. The Morgan fingerprint density at radius 1 is 1.33 bits per heavy atom. The molecule has 18 heavy (non-hydrogen) atoms. The molecule has 0 amide bonds. The molecule has 0 N–H and O–H groups in total. The van der Waals surface area contributed by atoms with Gasteiger partial charge in [0.25, 0.3) is 0 Å². The van der Waals surface area contributed by atoms with E-state index in [4.69, 9.17) is 4.74 Å². The number of hydrogen-bond acceptors (Lipinski definition) is 3. The molecule has 0 aliphatic heterocycles. The lowest BCUT2D eigenvalue weighted by Gasteiger charge is -2.04. The molecule has 0 fully saturated rings. The zero-order valence-corrected chi connectivity index (χ0v) is 11.0. The van der Waals surface area contributed by atoms with Crippen LogP contribution in [0.2, 0.25) is 0 Å². The standard InChI is InChI=1S/C12H9BrF2N2O/c1-18-12-10(14)5-7(6-16-12)4-8-2-3-9(13)11(15)17-8/h2-3,5-6H,4H2,1H3. The van der Waals surface area contributed by atoms with Gasteiger partial charge in [0.1, 0.15) is 0 Å². The van der Waals surface area contributed by atoms with Crippen LogP contribution in [0.1, 0.15) is 11.3 Å². The molecule has 0 aromatic carbocycles. The minimum absolute atomic E-state index is 0.0614. The Labute approximate surface area is 111 Å². The molecule has 0 spiro atoms. The van der Waals surface area contributed by atoms with Crippen LogP contribution < -0.4 is 4.74 Å². The number of rotatable bonds is 3. The molecule has 0 bridgehead atoms. The molecule has 0 atom stereocenters. The van der Waals surface area contributed by atoms with Crippen molar-refractivity contribution in [2.45, 2.75) is 6.42 Å². The molecule has 0 radical (unpaired) electrons. The van der Waals surface area contributed by atoms with E-state index in [-0.39, 0.29) is 5.88 Å².